The van der Waals surface area contributed by atoms with E-state index in [1.165, 1.54) is 17.3 Å². The van der Waals surface area contributed by atoms with Gasteiger partial charge in [0, 0.05) is 16.3 Å². The average molecular weight is 490 g/mol. The first-order valence-corrected chi connectivity index (χ1v) is 12.2. The normalized spacial score (nSPS) is 11.1. The van der Waals surface area contributed by atoms with E-state index >= 15 is 0 Å². The van der Waals surface area contributed by atoms with Gasteiger partial charge in [-0.3, -0.25) is 9.36 Å². The molecule has 0 unspecified atom stereocenters. The number of carbonyl (C=O) groups is 1. The zero-order valence-corrected chi connectivity index (χ0v) is 20.5. The van der Waals surface area contributed by atoms with Crippen LogP contribution in [0, 0.1) is 6.92 Å². The van der Waals surface area contributed by atoms with E-state index < -0.39 is 0 Å². The molecule has 172 valence electrons. The van der Waals surface area contributed by atoms with Gasteiger partial charge in [-0.1, -0.05) is 72.2 Å². The Morgan fingerprint density at radius 2 is 1.74 bits per heavy atom. The van der Waals surface area contributed by atoms with Crippen LogP contribution in [-0.4, -0.2) is 32.6 Å². The molecule has 1 amide bonds. The molecule has 0 fully saturated rings. The van der Waals surface area contributed by atoms with Crippen molar-refractivity contribution in [1.29, 1.82) is 0 Å². The summed E-state index contributed by atoms with van der Waals surface area (Å²) in [6.45, 7) is 4.15. The Kier molecular flexibility index (Phi) is 7.77. The maximum atomic E-state index is 12.4. The number of nitrogens with one attached hydrogen (secondary N) is 1. The largest absolute Gasteiger partial charge is 0.272 e. The first-order chi connectivity index (χ1) is 16.5. The van der Waals surface area contributed by atoms with Gasteiger partial charge >= 0.3 is 0 Å². The molecule has 1 aromatic heterocycles. The highest BCUT2D eigenvalue weighted by atomic mass is 35.5. The van der Waals surface area contributed by atoms with Gasteiger partial charge in [-0.15, -0.1) is 10.2 Å². The Bertz CT molecular complexity index is 1280. The molecule has 0 aliphatic carbocycles. The molecule has 1 N–H and O–H groups in total. The fourth-order valence-corrected chi connectivity index (χ4v) is 4.13. The highest BCUT2D eigenvalue weighted by molar-refractivity contribution is 7.99. The van der Waals surface area contributed by atoms with Gasteiger partial charge in [0.15, 0.2) is 11.0 Å². The molecule has 8 heteroatoms. The second-order valence-corrected chi connectivity index (χ2v) is 9.04. The predicted molar refractivity (Wildman–Crippen MR) is 139 cm³/mol. The zero-order valence-electron chi connectivity index (χ0n) is 18.9. The fourth-order valence-electron chi connectivity index (χ4n) is 3.26. The summed E-state index contributed by atoms with van der Waals surface area (Å²) < 4.78 is 1.94. The van der Waals surface area contributed by atoms with Crippen LogP contribution in [0.1, 0.15) is 23.6 Å². The van der Waals surface area contributed by atoms with E-state index in [-0.39, 0.29) is 11.7 Å². The van der Waals surface area contributed by atoms with Gasteiger partial charge in [0.2, 0.25) is 0 Å². The third-order valence-corrected chi connectivity index (χ3v) is 6.33. The van der Waals surface area contributed by atoms with E-state index in [0.717, 1.165) is 28.8 Å². The number of aryl methyl sites for hydroxylation is 2. The number of thioether (sulfide) groups is 1. The van der Waals surface area contributed by atoms with Gasteiger partial charge in [0.25, 0.3) is 5.91 Å². The van der Waals surface area contributed by atoms with Crippen molar-refractivity contribution < 1.29 is 4.79 Å². The van der Waals surface area contributed by atoms with E-state index in [1.54, 1.807) is 6.21 Å². The monoisotopic (exact) mass is 489 g/mol. The summed E-state index contributed by atoms with van der Waals surface area (Å²) in [4.78, 5) is 12.4. The van der Waals surface area contributed by atoms with Crippen molar-refractivity contribution >= 4 is 35.5 Å². The smallest absolute Gasteiger partial charge is 0.250 e. The van der Waals surface area contributed by atoms with Crippen LogP contribution >= 0.6 is 23.4 Å². The fraction of sp³-hybridized carbons (Fsp3) is 0.154. The quantitative estimate of drug-likeness (QED) is 0.196. The van der Waals surface area contributed by atoms with Gasteiger partial charge in [-0.05, 0) is 60.9 Å². The Labute approximate surface area is 208 Å². The number of carbonyl (C=O) groups excluding carboxylic acids is 1. The third kappa shape index (κ3) is 5.92. The van der Waals surface area contributed by atoms with Crippen molar-refractivity contribution in [3.63, 3.8) is 0 Å². The topological polar surface area (TPSA) is 72.2 Å². The standard InChI is InChI=1S/C26H24ClN5OS/c1-3-19-6-8-20(9-7-19)16-28-29-24(33)17-34-26-31-30-25(21-10-12-22(27)13-11-21)32(26)23-14-4-18(2)5-15-23/h4-16H,3,17H2,1-2H3,(H,29,33). The molecule has 0 aliphatic heterocycles. The summed E-state index contributed by atoms with van der Waals surface area (Å²) in [5.74, 6) is 0.603. The maximum absolute atomic E-state index is 12.4. The lowest BCUT2D eigenvalue weighted by molar-refractivity contribution is -0.118. The van der Waals surface area contributed by atoms with Crippen molar-refractivity contribution in [2.24, 2.45) is 5.10 Å². The highest BCUT2D eigenvalue weighted by Gasteiger charge is 2.17. The molecular formula is C26H24ClN5OS. The van der Waals surface area contributed by atoms with Gasteiger partial charge in [0.05, 0.1) is 12.0 Å². The van der Waals surface area contributed by atoms with Crippen molar-refractivity contribution in [3.8, 4) is 17.1 Å². The molecular weight excluding hydrogens is 466 g/mol. The zero-order chi connectivity index (χ0) is 23.9. The highest BCUT2D eigenvalue weighted by Crippen LogP contribution is 2.28. The van der Waals surface area contributed by atoms with Gasteiger partial charge in [-0.25, -0.2) is 5.43 Å². The van der Waals surface area contributed by atoms with E-state index in [0.29, 0.717) is 16.0 Å². The molecule has 1 heterocycles. The van der Waals surface area contributed by atoms with Crippen molar-refractivity contribution in [1.82, 2.24) is 20.2 Å². The van der Waals surface area contributed by atoms with Gasteiger partial charge in [-0.2, -0.15) is 5.10 Å². The molecule has 0 spiro atoms. The Hall–Kier alpha value is -3.42. The van der Waals surface area contributed by atoms with Crippen LogP contribution in [0.25, 0.3) is 17.1 Å². The molecule has 0 saturated carbocycles. The van der Waals surface area contributed by atoms with E-state index in [1.807, 2.05) is 72.2 Å². The molecule has 4 rings (SSSR count). The molecule has 4 aromatic rings. The van der Waals surface area contributed by atoms with E-state index in [9.17, 15) is 4.79 Å². The molecule has 34 heavy (non-hydrogen) atoms. The summed E-state index contributed by atoms with van der Waals surface area (Å²) >= 11 is 7.36. The minimum Gasteiger partial charge on any atom is -0.272 e. The van der Waals surface area contributed by atoms with Crippen molar-refractivity contribution in [2.75, 3.05) is 5.75 Å². The summed E-state index contributed by atoms with van der Waals surface area (Å²) in [5.41, 5.74) is 7.71. The first-order valence-electron chi connectivity index (χ1n) is 10.9. The van der Waals surface area contributed by atoms with Crippen LogP contribution in [0.3, 0.4) is 0 Å². The number of hydrogen-bond acceptors (Lipinski definition) is 5. The maximum Gasteiger partial charge on any atom is 0.250 e. The van der Waals surface area contributed by atoms with Crippen LogP contribution in [0.15, 0.2) is 83.1 Å². The summed E-state index contributed by atoms with van der Waals surface area (Å²) in [6.07, 6.45) is 2.62. The molecule has 0 saturated heterocycles. The van der Waals surface area contributed by atoms with Crippen molar-refractivity contribution in [3.05, 3.63) is 94.5 Å². The molecule has 0 radical (unpaired) electrons. The lowest BCUT2D eigenvalue weighted by atomic mass is 10.1. The van der Waals surface area contributed by atoms with Crippen LogP contribution in [0.4, 0.5) is 0 Å². The average Bonchev–Trinajstić information content (AvgIpc) is 3.28. The van der Waals surface area contributed by atoms with Crippen LogP contribution in [0.5, 0.6) is 0 Å². The summed E-state index contributed by atoms with van der Waals surface area (Å²) in [5, 5.41) is 14.1. The number of amides is 1. The Morgan fingerprint density at radius 1 is 1.03 bits per heavy atom. The molecule has 6 nitrogen and oxygen atoms in total. The van der Waals surface area contributed by atoms with Crippen LogP contribution in [-0.2, 0) is 11.2 Å². The second kappa shape index (κ2) is 11.1. The number of benzene rings is 3. The summed E-state index contributed by atoms with van der Waals surface area (Å²) in [6, 6.07) is 23.6. The molecule has 0 bridgehead atoms. The number of rotatable bonds is 8. The Balaban J connectivity index is 1.48. The number of hydrazone groups is 1. The van der Waals surface area contributed by atoms with Gasteiger partial charge < -0.3 is 0 Å². The van der Waals surface area contributed by atoms with E-state index in [2.05, 4.69) is 39.8 Å². The Morgan fingerprint density at radius 3 is 2.41 bits per heavy atom. The predicted octanol–water partition coefficient (Wildman–Crippen LogP) is 5.70. The van der Waals surface area contributed by atoms with E-state index in [4.69, 9.17) is 11.6 Å². The first kappa shape index (κ1) is 23.7. The van der Waals surface area contributed by atoms with Gasteiger partial charge in [0.1, 0.15) is 0 Å². The third-order valence-electron chi connectivity index (χ3n) is 5.15. The second-order valence-electron chi connectivity index (χ2n) is 7.66. The number of aromatic nitrogens is 3. The molecule has 0 atom stereocenters. The summed E-state index contributed by atoms with van der Waals surface area (Å²) in [7, 11) is 0. The minimum atomic E-state index is -0.224. The molecule has 0 aliphatic rings. The number of halogens is 1. The lowest BCUT2D eigenvalue weighted by Gasteiger charge is -2.10. The SMILES string of the molecule is CCc1ccc(C=NNC(=O)CSc2nnc(-c3ccc(Cl)cc3)n2-c2ccc(C)cc2)cc1. The minimum absolute atomic E-state index is 0.150. The molecule has 3 aromatic carbocycles. The number of hydrogen-bond donors (Lipinski definition) is 1. The lowest BCUT2D eigenvalue weighted by Crippen LogP contribution is -2.20. The number of nitrogens with zero attached hydrogens (tertiary/aromatic N) is 4. The van der Waals surface area contributed by atoms with Crippen molar-refractivity contribution in [2.45, 2.75) is 25.4 Å². The van der Waals surface area contributed by atoms with Crippen LogP contribution in [0.2, 0.25) is 5.02 Å². The van der Waals surface area contributed by atoms with Crippen LogP contribution < -0.4 is 5.43 Å².